The Morgan fingerprint density at radius 3 is 2.61 bits per heavy atom. The van der Waals surface area contributed by atoms with Gasteiger partial charge in [-0.1, -0.05) is 12.6 Å². The number of benzene rings is 1. The van der Waals surface area contributed by atoms with Crippen molar-refractivity contribution in [1.82, 2.24) is 25.2 Å². The summed E-state index contributed by atoms with van der Waals surface area (Å²) in [4.78, 5) is 28.7. The molecule has 3 aromatic rings. The number of nitrogens with zero attached hydrogens (tertiary/aromatic N) is 4. The number of aromatic amines is 1. The number of H-pyrrole nitrogens is 1. The standard InChI is InChI=1S/C25H29FN6O/c1-15(27-3)19-8-9-21(16(2)28-19)32-12-10-31(11-13-32)14-18-6-7-20-24(22(18)26)30-25(33)23(29-20)17-4-5-17/h6-9,17,27H,1,4-5,10-14H2,2-3H3,(H,30,33). The van der Waals surface area contributed by atoms with Gasteiger partial charge in [0.1, 0.15) is 11.2 Å². The highest BCUT2D eigenvalue weighted by Gasteiger charge is 2.29. The average molecular weight is 449 g/mol. The van der Waals surface area contributed by atoms with E-state index in [2.05, 4.69) is 42.7 Å². The Morgan fingerprint density at radius 2 is 1.94 bits per heavy atom. The second-order valence-electron chi connectivity index (χ2n) is 8.95. The number of fused-ring (bicyclic) bond motifs is 1. The van der Waals surface area contributed by atoms with Gasteiger partial charge in [0, 0.05) is 51.3 Å². The Morgan fingerprint density at radius 1 is 1.18 bits per heavy atom. The maximum atomic E-state index is 15.2. The molecule has 1 aliphatic carbocycles. The molecule has 5 rings (SSSR count). The van der Waals surface area contributed by atoms with Crippen LogP contribution >= 0.6 is 0 Å². The van der Waals surface area contributed by atoms with E-state index >= 15 is 4.39 Å². The Kier molecular flexibility index (Phi) is 5.62. The Bertz CT molecular complexity index is 1270. The fourth-order valence-corrected chi connectivity index (χ4v) is 4.51. The Hall–Kier alpha value is -3.26. The molecule has 7 nitrogen and oxygen atoms in total. The molecule has 172 valence electrons. The first-order valence-corrected chi connectivity index (χ1v) is 11.5. The molecule has 0 atom stereocenters. The molecule has 0 amide bonds. The van der Waals surface area contributed by atoms with E-state index in [-0.39, 0.29) is 22.8 Å². The SMILES string of the molecule is C=C(NC)c1ccc(N2CCN(Cc3ccc4nc(C5CC5)c(=O)[nH]c4c3F)CC2)c(C)n1. The minimum absolute atomic E-state index is 0.213. The third kappa shape index (κ3) is 4.23. The van der Waals surface area contributed by atoms with Crippen molar-refractivity contribution in [3.05, 3.63) is 69.7 Å². The summed E-state index contributed by atoms with van der Waals surface area (Å²) in [6, 6.07) is 7.70. The van der Waals surface area contributed by atoms with Crippen LogP contribution in [0.5, 0.6) is 0 Å². The summed E-state index contributed by atoms with van der Waals surface area (Å²) in [7, 11) is 1.84. The van der Waals surface area contributed by atoms with E-state index in [1.807, 2.05) is 26.1 Å². The number of aryl methyl sites for hydroxylation is 1. The van der Waals surface area contributed by atoms with Crippen molar-refractivity contribution in [3.8, 4) is 0 Å². The van der Waals surface area contributed by atoms with Gasteiger partial charge in [-0.25, -0.2) is 14.4 Å². The minimum Gasteiger partial charge on any atom is -0.387 e. The zero-order valence-corrected chi connectivity index (χ0v) is 19.1. The van der Waals surface area contributed by atoms with E-state index < -0.39 is 0 Å². The molecule has 2 N–H and O–H groups in total. The maximum absolute atomic E-state index is 15.2. The van der Waals surface area contributed by atoms with Crippen molar-refractivity contribution in [2.24, 2.45) is 0 Å². The van der Waals surface area contributed by atoms with Gasteiger partial charge in [0.25, 0.3) is 5.56 Å². The number of hydrogen-bond acceptors (Lipinski definition) is 6. The summed E-state index contributed by atoms with van der Waals surface area (Å²) >= 11 is 0. The number of hydrogen-bond donors (Lipinski definition) is 2. The van der Waals surface area contributed by atoms with Crippen LogP contribution in [0.1, 0.15) is 41.4 Å². The number of halogens is 1. The van der Waals surface area contributed by atoms with Crippen LogP contribution in [-0.2, 0) is 6.54 Å². The van der Waals surface area contributed by atoms with E-state index in [0.717, 1.165) is 61.8 Å². The quantitative estimate of drug-likeness (QED) is 0.603. The van der Waals surface area contributed by atoms with Crippen LogP contribution in [0.4, 0.5) is 10.1 Å². The van der Waals surface area contributed by atoms with E-state index in [0.29, 0.717) is 23.3 Å². The lowest BCUT2D eigenvalue weighted by Gasteiger charge is -2.36. The molecule has 0 radical (unpaired) electrons. The zero-order valence-electron chi connectivity index (χ0n) is 19.1. The monoisotopic (exact) mass is 448 g/mol. The van der Waals surface area contributed by atoms with Gasteiger partial charge in [-0.3, -0.25) is 9.69 Å². The molecule has 3 heterocycles. The summed E-state index contributed by atoms with van der Waals surface area (Å²) < 4.78 is 15.2. The molecule has 1 saturated carbocycles. The van der Waals surface area contributed by atoms with Gasteiger partial charge >= 0.3 is 0 Å². The average Bonchev–Trinajstić information content (AvgIpc) is 3.66. The normalized spacial score (nSPS) is 16.9. The van der Waals surface area contributed by atoms with E-state index in [1.54, 1.807) is 6.07 Å². The van der Waals surface area contributed by atoms with Crippen LogP contribution in [0.2, 0.25) is 0 Å². The number of piperazine rings is 1. The molecule has 1 aromatic carbocycles. The molecule has 8 heteroatoms. The molecule has 1 aliphatic heterocycles. The minimum atomic E-state index is -0.373. The van der Waals surface area contributed by atoms with Crippen molar-refractivity contribution in [3.63, 3.8) is 0 Å². The third-order valence-electron chi connectivity index (χ3n) is 6.65. The van der Waals surface area contributed by atoms with Crippen molar-refractivity contribution in [2.45, 2.75) is 32.2 Å². The number of aromatic nitrogens is 3. The molecule has 0 spiro atoms. The van der Waals surface area contributed by atoms with E-state index in [1.165, 1.54) is 0 Å². The van der Waals surface area contributed by atoms with Crippen molar-refractivity contribution in [1.29, 1.82) is 0 Å². The van der Waals surface area contributed by atoms with Crippen LogP contribution in [0.25, 0.3) is 16.7 Å². The second kappa shape index (κ2) is 8.59. The Balaban J connectivity index is 1.27. The van der Waals surface area contributed by atoms with E-state index in [9.17, 15) is 4.79 Å². The number of nitrogens with one attached hydrogen (secondary N) is 2. The van der Waals surface area contributed by atoms with Crippen LogP contribution in [0, 0.1) is 12.7 Å². The van der Waals surface area contributed by atoms with Gasteiger partial charge in [0.15, 0.2) is 5.82 Å². The lowest BCUT2D eigenvalue weighted by Crippen LogP contribution is -2.46. The van der Waals surface area contributed by atoms with Crippen LogP contribution in [0.15, 0.2) is 35.6 Å². The topological polar surface area (TPSA) is 77.1 Å². The van der Waals surface area contributed by atoms with Gasteiger partial charge in [0.05, 0.1) is 28.3 Å². The lowest BCUT2D eigenvalue weighted by molar-refractivity contribution is 0.246. The van der Waals surface area contributed by atoms with Gasteiger partial charge in [-0.05, 0) is 38.0 Å². The largest absolute Gasteiger partial charge is 0.387 e. The smallest absolute Gasteiger partial charge is 0.270 e. The van der Waals surface area contributed by atoms with Gasteiger partial charge in [0.2, 0.25) is 0 Å². The van der Waals surface area contributed by atoms with E-state index in [4.69, 9.17) is 0 Å². The summed E-state index contributed by atoms with van der Waals surface area (Å²) in [6.45, 7) is 9.80. The second-order valence-corrected chi connectivity index (χ2v) is 8.95. The Labute approximate surface area is 192 Å². The van der Waals surface area contributed by atoms with Crippen LogP contribution in [-0.4, -0.2) is 53.1 Å². The lowest BCUT2D eigenvalue weighted by atomic mass is 10.1. The zero-order chi connectivity index (χ0) is 23.1. The van der Waals surface area contributed by atoms with Crippen molar-refractivity contribution in [2.75, 3.05) is 38.1 Å². The molecule has 0 bridgehead atoms. The molecular weight excluding hydrogens is 419 g/mol. The van der Waals surface area contributed by atoms with Gasteiger partial charge in [-0.2, -0.15) is 0 Å². The molecule has 1 saturated heterocycles. The first-order valence-electron chi connectivity index (χ1n) is 11.5. The molecule has 2 aliphatic rings. The summed E-state index contributed by atoms with van der Waals surface area (Å²) in [5.74, 6) is -0.142. The predicted molar refractivity (Wildman–Crippen MR) is 129 cm³/mol. The molecule has 33 heavy (non-hydrogen) atoms. The maximum Gasteiger partial charge on any atom is 0.270 e. The highest BCUT2D eigenvalue weighted by Crippen LogP contribution is 2.37. The fraction of sp³-hybridized carbons (Fsp3) is 0.400. The molecule has 2 fully saturated rings. The first-order chi connectivity index (χ1) is 15.9. The number of anilines is 1. The van der Waals surface area contributed by atoms with Gasteiger partial charge in [-0.15, -0.1) is 0 Å². The first kappa shape index (κ1) is 21.6. The number of rotatable bonds is 6. The third-order valence-corrected chi connectivity index (χ3v) is 6.65. The predicted octanol–water partition coefficient (Wildman–Crippen LogP) is 3.16. The molecule has 2 aromatic heterocycles. The van der Waals surface area contributed by atoms with Crippen molar-refractivity contribution >= 4 is 22.4 Å². The van der Waals surface area contributed by atoms with Gasteiger partial charge < -0.3 is 15.2 Å². The highest BCUT2D eigenvalue weighted by atomic mass is 19.1. The van der Waals surface area contributed by atoms with Crippen molar-refractivity contribution < 1.29 is 4.39 Å². The van der Waals surface area contributed by atoms with Crippen LogP contribution < -0.4 is 15.8 Å². The summed E-state index contributed by atoms with van der Waals surface area (Å²) in [5, 5.41) is 3.03. The molecular formula is C25H29FN6O. The summed E-state index contributed by atoms with van der Waals surface area (Å²) in [5.41, 5.74) is 5.34. The molecule has 0 unspecified atom stereocenters. The fourth-order valence-electron chi connectivity index (χ4n) is 4.51. The van der Waals surface area contributed by atoms with Crippen LogP contribution in [0.3, 0.4) is 0 Å². The number of pyridine rings is 1. The summed E-state index contributed by atoms with van der Waals surface area (Å²) in [6.07, 6.45) is 1.97. The highest BCUT2D eigenvalue weighted by molar-refractivity contribution is 5.76.